The summed E-state index contributed by atoms with van der Waals surface area (Å²) in [5, 5.41) is 7.31. The van der Waals surface area contributed by atoms with Crippen LogP contribution in [0.3, 0.4) is 0 Å². The first-order valence-electron chi connectivity index (χ1n) is 11.5. The summed E-state index contributed by atoms with van der Waals surface area (Å²) in [4.78, 5) is 16.0. The van der Waals surface area contributed by atoms with Gasteiger partial charge in [0.1, 0.15) is 41.7 Å². The van der Waals surface area contributed by atoms with Crippen molar-refractivity contribution in [2.45, 2.75) is 38.3 Å². The molecule has 36 heavy (non-hydrogen) atoms. The molecule has 0 radical (unpaired) electrons. The Labute approximate surface area is 212 Å². The third kappa shape index (κ3) is 5.26. The number of nitrogens with two attached hydrogens (primary N) is 1. The van der Waals surface area contributed by atoms with Gasteiger partial charge in [0.25, 0.3) is 5.91 Å². The van der Waals surface area contributed by atoms with Gasteiger partial charge >= 0.3 is 0 Å². The van der Waals surface area contributed by atoms with Crippen LogP contribution in [0.2, 0.25) is 0 Å². The van der Waals surface area contributed by atoms with Crippen LogP contribution >= 0.6 is 11.8 Å². The Morgan fingerprint density at radius 3 is 2.67 bits per heavy atom. The maximum atomic E-state index is 14.1. The molecule has 3 N–H and O–H groups in total. The summed E-state index contributed by atoms with van der Waals surface area (Å²) in [5.74, 6) is 0.913. The lowest BCUT2D eigenvalue weighted by Gasteiger charge is -2.20. The lowest BCUT2D eigenvalue weighted by Crippen LogP contribution is -2.35. The molecule has 10 nitrogen and oxygen atoms in total. The molecule has 4 heterocycles. The molecule has 0 saturated carbocycles. The molecular formula is C24H30FN5O5S. The summed E-state index contributed by atoms with van der Waals surface area (Å²) in [6.07, 6.45) is 3.85. The van der Waals surface area contributed by atoms with Gasteiger partial charge in [-0.25, -0.2) is 13.9 Å². The summed E-state index contributed by atoms with van der Waals surface area (Å²) >= 11 is 1.86. The Morgan fingerprint density at radius 1 is 1.31 bits per heavy atom. The number of carbonyl (C=O) groups excluding carboxylic acids is 1. The highest BCUT2D eigenvalue weighted by atomic mass is 32.2. The molecule has 2 unspecified atom stereocenters. The largest absolute Gasteiger partial charge is 0.483 e. The second-order valence-electron chi connectivity index (χ2n) is 8.30. The topological polar surface area (TPSA) is 122 Å². The van der Waals surface area contributed by atoms with Crippen molar-refractivity contribution in [3.63, 3.8) is 0 Å². The van der Waals surface area contributed by atoms with E-state index in [1.807, 2.05) is 11.8 Å². The number of hydrogen-bond acceptors (Lipinski definition) is 9. The van der Waals surface area contributed by atoms with Crippen LogP contribution in [0.5, 0.6) is 5.75 Å². The standard InChI is InChI=1S/C21H22FN5O5.C3H8S/c1-10-12(20(23)28)6-27-17(10)21(24-9-25-27)26-13-4-3-11(22)5-14(13)32-16-8-31-18-15(29-2)7-30-19(16)18;1-3-4-2/h3-6,9,15-16,18-19H,7-8H2,1-2H3,(H2,23,28)(H,24,25,26);3H2,1-2H3/t15?,16?,18-,19-;/m1./s1. The Balaban J connectivity index is 0.000000709. The molecule has 12 heteroatoms. The van der Waals surface area contributed by atoms with Crippen LogP contribution in [0.15, 0.2) is 30.7 Å². The van der Waals surface area contributed by atoms with Crippen molar-refractivity contribution in [3.8, 4) is 5.75 Å². The lowest BCUT2D eigenvalue weighted by molar-refractivity contribution is -0.0138. The van der Waals surface area contributed by atoms with E-state index in [-0.39, 0.29) is 24.1 Å². The van der Waals surface area contributed by atoms with Gasteiger partial charge in [-0.1, -0.05) is 6.92 Å². The number of benzene rings is 1. The Kier molecular flexibility index (Phi) is 8.29. The Morgan fingerprint density at radius 2 is 2.00 bits per heavy atom. The molecular weight excluding hydrogens is 489 g/mol. The number of anilines is 2. The van der Waals surface area contributed by atoms with Crippen molar-refractivity contribution in [3.05, 3.63) is 47.7 Å². The summed E-state index contributed by atoms with van der Waals surface area (Å²) < 4.78 is 38.7. The second kappa shape index (κ2) is 11.4. The van der Waals surface area contributed by atoms with Crippen molar-refractivity contribution >= 4 is 34.7 Å². The van der Waals surface area contributed by atoms with E-state index in [0.29, 0.717) is 41.4 Å². The van der Waals surface area contributed by atoms with Gasteiger partial charge in [0.15, 0.2) is 11.9 Å². The number of fused-ring (bicyclic) bond motifs is 2. The Bertz CT molecular complexity index is 1220. The molecule has 2 aromatic heterocycles. The molecule has 2 fully saturated rings. The van der Waals surface area contributed by atoms with Crippen LogP contribution in [0.25, 0.3) is 5.52 Å². The number of carbonyl (C=O) groups is 1. The number of aromatic nitrogens is 3. The first kappa shape index (κ1) is 26.1. The molecule has 2 aliphatic rings. The van der Waals surface area contributed by atoms with Gasteiger partial charge in [-0.2, -0.15) is 16.9 Å². The summed E-state index contributed by atoms with van der Waals surface area (Å²) in [6, 6.07) is 4.16. The van der Waals surface area contributed by atoms with Crippen LogP contribution in [-0.2, 0) is 14.2 Å². The van der Waals surface area contributed by atoms with Crippen LogP contribution < -0.4 is 15.8 Å². The first-order valence-corrected chi connectivity index (χ1v) is 12.9. The zero-order valence-electron chi connectivity index (χ0n) is 20.6. The average Bonchev–Trinajstić information content (AvgIpc) is 3.56. The summed E-state index contributed by atoms with van der Waals surface area (Å²) in [6.45, 7) is 4.60. The number of amides is 1. The van der Waals surface area contributed by atoms with Crippen molar-refractivity contribution in [1.82, 2.24) is 14.6 Å². The van der Waals surface area contributed by atoms with Crippen LogP contribution in [0.1, 0.15) is 22.8 Å². The maximum Gasteiger partial charge on any atom is 0.250 e. The van der Waals surface area contributed by atoms with E-state index in [9.17, 15) is 9.18 Å². The van der Waals surface area contributed by atoms with E-state index in [4.69, 9.17) is 24.7 Å². The highest BCUT2D eigenvalue weighted by Crippen LogP contribution is 2.36. The monoisotopic (exact) mass is 519 g/mol. The number of halogens is 1. The zero-order valence-corrected chi connectivity index (χ0v) is 21.4. The minimum Gasteiger partial charge on any atom is -0.483 e. The van der Waals surface area contributed by atoms with E-state index < -0.39 is 17.8 Å². The second-order valence-corrected chi connectivity index (χ2v) is 9.46. The summed E-state index contributed by atoms with van der Waals surface area (Å²) in [7, 11) is 1.61. The van der Waals surface area contributed by atoms with Crippen molar-refractivity contribution in [1.29, 1.82) is 0 Å². The number of ether oxygens (including phenoxy) is 4. The van der Waals surface area contributed by atoms with Crippen molar-refractivity contribution < 1.29 is 28.1 Å². The fraction of sp³-hybridized carbons (Fsp3) is 0.458. The molecule has 1 amide bonds. The predicted molar refractivity (Wildman–Crippen MR) is 135 cm³/mol. The number of rotatable bonds is 7. The van der Waals surface area contributed by atoms with Gasteiger partial charge in [-0.15, -0.1) is 0 Å². The van der Waals surface area contributed by atoms with E-state index in [1.165, 1.54) is 28.7 Å². The number of hydrogen-bond donors (Lipinski definition) is 2. The van der Waals surface area contributed by atoms with Crippen LogP contribution in [0.4, 0.5) is 15.9 Å². The van der Waals surface area contributed by atoms with Gasteiger partial charge in [0.05, 0.1) is 24.5 Å². The van der Waals surface area contributed by atoms with E-state index in [1.54, 1.807) is 26.3 Å². The molecule has 4 atom stereocenters. The molecule has 3 aromatic rings. The van der Waals surface area contributed by atoms with Crippen LogP contribution in [-0.4, -0.2) is 77.3 Å². The molecule has 2 aliphatic heterocycles. The SMILES string of the molecule is CCSC.COC1CO[C@@H]2C(Oc3cc(F)ccc3Nc3ncnn4cc(C(N)=O)c(C)c34)CO[C@H]12. The number of nitrogens with one attached hydrogen (secondary N) is 1. The van der Waals surface area contributed by atoms with Crippen molar-refractivity contribution in [2.24, 2.45) is 5.73 Å². The maximum absolute atomic E-state index is 14.1. The van der Waals surface area contributed by atoms with Gasteiger partial charge < -0.3 is 30.0 Å². The highest BCUT2D eigenvalue weighted by molar-refractivity contribution is 7.98. The van der Waals surface area contributed by atoms with Gasteiger partial charge in [0, 0.05) is 19.4 Å². The van der Waals surface area contributed by atoms with Gasteiger partial charge in [0.2, 0.25) is 0 Å². The molecule has 0 aliphatic carbocycles. The molecule has 5 rings (SSSR count). The van der Waals surface area contributed by atoms with Gasteiger partial charge in [-0.3, -0.25) is 4.79 Å². The quantitative estimate of drug-likeness (QED) is 0.485. The van der Waals surface area contributed by atoms with Crippen LogP contribution in [0, 0.1) is 12.7 Å². The van der Waals surface area contributed by atoms with E-state index >= 15 is 0 Å². The fourth-order valence-electron chi connectivity index (χ4n) is 4.22. The number of methoxy groups -OCH3 is 1. The number of nitrogens with zero attached hydrogens (tertiary/aromatic N) is 3. The number of primary amides is 1. The molecule has 194 valence electrons. The normalized spacial score (nSPS) is 22.7. The number of thioether (sulfide) groups is 1. The van der Waals surface area contributed by atoms with Crippen molar-refractivity contribution in [2.75, 3.05) is 37.6 Å². The molecule has 0 bridgehead atoms. The van der Waals surface area contributed by atoms with E-state index in [0.717, 1.165) is 0 Å². The van der Waals surface area contributed by atoms with E-state index in [2.05, 4.69) is 28.6 Å². The molecule has 2 saturated heterocycles. The van der Waals surface area contributed by atoms with Gasteiger partial charge in [-0.05, 0) is 36.6 Å². The fourth-order valence-corrected chi connectivity index (χ4v) is 4.22. The number of aryl methyl sites for hydroxylation is 1. The third-order valence-corrected chi connectivity index (χ3v) is 6.70. The smallest absolute Gasteiger partial charge is 0.250 e. The predicted octanol–water partition coefficient (Wildman–Crippen LogP) is 2.95. The summed E-state index contributed by atoms with van der Waals surface area (Å²) in [5.41, 5.74) is 7.48. The Hall–Kier alpha value is -2.93. The average molecular weight is 520 g/mol. The first-order chi connectivity index (χ1) is 17.4. The zero-order chi connectivity index (χ0) is 25.8. The highest BCUT2D eigenvalue weighted by Gasteiger charge is 2.49. The minimum absolute atomic E-state index is 0.162. The third-order valence-electron chi connectivity index (χ3n) is 6.12. The minimum atomic E-state index is -0.563. The molecule has 1 aromatic carbocycles. The molecule has 0 spiro atoms. The lowest BCUT2D eigenvalue weighted by atomic mass is 10.1.